The SMILES string of the molecule is N[C@@H](C[C@@H]1O[C@]1(O)CO)C(=O)O. The van der Waals surface area contributed by atoms with Crippen molar-refractivity contribution in [3.63, 3.8) is 0 Å². The fourth-order valence-corrected chi connectivity index (χ4v) is 0.915. The lowest BCUT2D eigenvalue weighted by molar-refractivity contribution is -0.138. The van der Waals surface area contributed by atoms with Crippen LogP contribution in [0.5, 0.6) is 0 Å². The van der Waals surface area contributed by atoms with Crippen molar-refractivity contribution in [2.75, 3.05) is 6.61 Å². The quantitative estimate of drug-likeness (QED) is 0.364. The molecule has 0 spiro atoms. The molecular weight excluding hydrogens is 166 g/mol. The molecule has 0 saturated carbocycles. The van der Waals surface area contributed by atoms with E-state index in [1.54, 1.807) is 0 Å². The predicted octanol–water partition coefficient (Wildman–Crippen LogP) is -2.13. The van der Waals surface area contributed by atoms with Gasteiger partial charge in [-0.25, -0.2) is 0 Å². The predicted molar refractivity (Wildman–Crippen MR) is 37.1 cm³/mol. The first-order chi connectivity index (χ1) is 5.49. The number of hydrogen-bond acceptors (Lipinski definition) is 5. The van der Waals surface area contributed by atoms with Gasteiger partial charge >= 0.3 is 5.97 Å². The molecular formula is C6H11NO5. The van der Waals surface area contributed by atoms with Gasteiger partial charge in [0, 0.05) is 6.42 Å². The number of carboxylic acid groups (broad SMARTS) is 1. The number of aliphatic hydroxyl groups excluding tert-OH is 1. The molecule has 0 aliphatic carbocycles. The Bertz CT molecular complexity index is 196. The summed E-state index contributed by atoms with van der Waals surface area (Å²) in [6, 6.07) is -1.06. The zero-order chi connectivity index (χ0) is 9.35. The first kappa shape index (κ1) is 9.40. The Kier molecular flexibility index (Phi) is 2.34. The highest BCUT2D eigenvalue weighted by molar-refractivity contribution is 5.73. The lowest BCUT2D eigenvalue weighted by Crippen LogP contribution is -2.33. The van der Waals surface area contributed by atoms with Crippen LogP contribution in [0, 0.1) is 0 Å². The van der Waals surface area contributed by atoms with E-state index in [4.69, 9.17) is 21.1 Å². The van der Waals surface area contributed by atoms with Crippen molar-refractivity contribution in [1.29, 1.82) is 0 Å². The summed E-state index contributed by atoms with van der Waals surface area (Å²) in [7, 11) is 0. The van der Waals surface area contributed by atoms with Crippen LogP contribution < -0.4 is 5.73 Å². The Hall–Kier alpha value is -0.690. The van der Waals surface area contributed by atoms with E-state index in [0.717, 1.165) is 0 Å². The monoisotopic (exact) mass is 177 g/mol. The van der Waals surface area contributed by atoms with E-state index in [0.29, 0.717) is 0 Å². The van der Waals surface area contributed by atoms with Crippen LogP contribution in [0.15, 0.2) is 0 Å². The zero-order valence-electron chi connectivity index (χ0n) is 6.30. The molecule has 1 fully saturated rings. The summed E-state index contributed by atoms with van der Waals surface area (Å²) < 4.78 is 4.64. The van der Waals surface area contributed by atoms with Gasteiger partial charge in [0.2, 0.25) is 5.79 Å². The number of carbonyl (C=O) groups is 1. The Labute approximate surface area is 68.6 Å². The molecule has 1 aliphatic rings. The number of epoxide rings is 1. The third-order valence-corrected chi connectivity index (χ3v) is 1.80. The molecule has 0 radical (unpaired) electrons. The van der Waals surface area contributed by atoms with Gasteiger partial charge in [0.15, 0.2) is 0 Å². The number of ether oxygens (including phenoxy) is 1. The Morgan fingerprint density at radius 3 is 2.67 bits per heavy atom. The van der Waals surface area contributed by atoms with Crippen LogP contribution in [0.4, 0.5) is 0 Å². The van der Waals surface area contributed by atoms with Crippen molar-refractivity contribution in [3.8, 4) is 0 Å². The highest BCUT2D eigenvalue weighted by Crippen LogP contribution is 2.35. The third kappa shape index (κ3) is 1.72. The topological polar surface area (TPSA) is 116 Å². The Morgan fingerprint density at radius 2 is 2.33 bits per heavy atom. The maximum absolute atomic E-state index is 10.2. The largest absolute Gasteiger partial charge is 0.480 e. The van der Waals surface area contributed by atoms with Crippen molar-refractivity contribution in [3.05, 3.63) is 0 Å². The normalized spacial score (nSPS) is 36.1. The smallest absolute Gasteiger partial charge is 0.320 e. The highest BCUT2D eigenvalue weighted by Gasteiger charge is 2.55. The van der Waals surface area contributed by atoms with Crippen LogP contribution in [-0.4, -0.2) is 45.8 Å². The van der Waals surface area contributed by atoms with Crippen LogP contribution in [0.1, 0.15) is 6.42 Å². The second-order valence-electron chi connectivity index (χ2n) is 2.79. The molecule has 1 saturated heterocycles. The number of carboxylic acids is 1. The first-order valence-corrected chi connectivity index (χ1v) is 3.49. The van der Waals surface area contributed by atoms with Crippen molar-refractivity contribution in [1.82, 2.24) is 0 Å². The molecule has 0 aromatic carbocycles. The standard InChI is InChI=1S/C6H11NO5/c7-3(5(9)10)1-4-6(11,2-8)12-4/h3-4,8,11H,1-2,7H2,(H,9,10)/t3-,4-,6+/m0/s1. The minimum absolute atomic E-state index is 0.00634. The number of hydrogen-bond donors (Lipinski definition) is 4. The second kappa shape index (κ2) is 2.98. The van der Waals surface area contributed by atoms with Gasteiger partial charge in [0.05, 0.1) is 6.61 Å². The maximum atomic E-state index is 10.2. The van der Waals surface area contributed by atoms with E-state index in [2.05, 4.69) is 4.74 Å². The Morgan fingerprint density at radius 1 is 1.75 bits per heavy atom. The summed E-state index contributed by atoms with van der Waals surface area (Å²) in [4.78, 5) is 10.2. The van der Waals surface area contributed by atoms with Crippen molar-refractivity contribution in [2.24, 2.45) is 5.73 Å². The lowest BCUT2D eigenvalue weighted by atomic mass is 10.1. The fraction of sp³-hybridized carbons (Fsp3) is 0.833. The van der Waals surface area contributed by atoms with Gasteiger partial charge in [-0.15, -0.1) is 0 Å². The molecule has 0 aromatic heterocycles. The van der Waals surface area contributed by atoms with E-state index in [1.165, 1.54) is 0 Å². The van der Waals surface area contributed by atoms with Crippen LogP contribution in [-0.2, 0) is 9.53 Å². The van der Waals surface area contributed by atoms with Gasteiger partial charge in [0.1, 0.15) is 12.1 Å². The molecule has 0 amide bonds. The number of aliphatic carboxylic acids is 1. The van der Waals surface area contributed by atoms with Gasteiger partial charge in [0.25, 0.3) is 0 Å². The average Bonchev–Trinajstić information content (AvgIpc) is 2.63. The highest BCUT2D eigenvalue weighted by atomic mass is 16.7. The van der Waals surface area contributed by atoms with E-state index in [1.807, 2.05) is 0 Å². The Balaban J connectivity index is 2.32. The summed E-state index contributed by atoms with van der Waals surface area (Å²) in [5, 5.41) is 26.0. The summed E-state index contributed by atoms with van der Waals surface area (Å²) >= 11 is 0. The minimum atomic E-state index is -1.56. The molecule has 6 nitrogen and oxygen atoms in total. The van der Waals surface area contributed by atoms with Gasteiger partial charge in [-0.05, 0) is 0 Å². The number of nitrogens with two attached hydrogens (primary N) is 1. The van der Waals surface area contributed by atoms with Crippen molar-refractivity contribution < 1.29 is 24.9 Å². The van der Waals surface area contributed by atoms with Gasteiger partial charge in [-0.2, -0.15) is 0 Å². The van der Waals surface area contributed by atoms with Crippen LogP contribution in [0.2, 0.25) is 0 Å². The van der Waals surface area contributed by atoms with Gasteiger partial charge < -0.3 is 25.8 Å². The van der Waals surface area contributed by atoms with E-state index in [-0.39, 0.29) is 6.42 Å². The van der Waals surface area contributed by atoms with Crippen molar-refractivity contribution >= 4 is 5.97 Å². The second-order valence-corrected chi connectivity index (χ2v) is 2.79. The summed E-state index contributed by atoms with van der Waals surface area (Å²) in [5.41, 5.74) is 5.16. The molecule has 0 aromatic rings. The molecule has 1 aliphatic heterocycles. The molecule has 1 heterocycles. The minimum Gasteiger partial charge on any atom is -0.480 e. The van der Waals surface area contributed by atoms with Gasteiger partial charge in [-0.1, -0.05) is 0 Å². The molecule has 1 rings (SSSR count). The maximum Gasteiger partial charge on any atom is 0.320 e. The molecule has 12 heavy (non-hydrogen) atoms. The van der Waals surface area contributed by atoms with E-state index in [9.17, 15) is 4.79 Å². The number of aliphatic hydroxyl groups is 2. The first-order valence-electron chi connectivity index (χ1n) is 3.49. The third-order valence-electron chi connectivity index (χ3n) is 1.80. The van der Waals surface area contributed by atoms with Crippen LogP contribution in [0.25, 0.3) is 0 Å². The molecule has 3 atom stereocenters. The molecule has 5 N–H and O–H groups in total. The zero-order valence-corrected chi connectivity index (χ0v) is 6.30. The molecule has 6 heteroatoms. The molecule has 0 bridgehead atoms. The van der Waals surface area contributed by atoms with Crippen molar-refractivity contribution in [2.45, 2.75) is 24.4 Å². The van der Waals surface area contributed by atoms with Crippen LogP contribution >= 0.6 is 0 Å². The number of rotatable bonds is 4. The summed E-state index contributed by atoms with van der Waals surface area (Å²) in [5.74, 6) is -2.71. The average molecular weight is 177 g/mol. The molecule has 70 valence electrons. The van der Waals surface area contributed by atoms with E-state index < -0.39 is 30.5 Å². The lowest BCUT2D eigenvalue weighted by Gasteiger charge is -2.03. The summed E-state index contributed by atoms with van der Waals surface area (Å²) in [6.07, 6.45) is -0.652. The van der Waals surface area contributed by atoms with E-state index >= 15 is 0 Å². The summed E-state index contributed by atoms with van der Waals surface area (Å²) in [6.45, 7) is -0.538. The van der Waals surface area contributed by atoms with Crippen LogP contribution in [0.3, 0.4) is 0 Å². The fourth-order valence-electron chi connectivity index (χ4n) is 0.915. The molecule has 0 unspecified atom stereocenters. The van der Waals surface area contributed by atoms with Gasteiger partial charge in [-0.3, -0.25) is 4.79 Å².